The van der Waals surface area contributed by atoms with E-state index in [-0.39, 0.29) is 17.5 Å². The van der Waals surface area contributed by atoms with Crippen LogP contribution in [0.3, 0.4) is 0 Å². The molecule has 1 aliphatic carbocycles. The summed E-state index contributed by atoms with van der Waals surface area (Å²) in [5.41, 5.74) is 4.06. The molecule has 0 spiro atoms. The Bertz CT molecular complexity index is 1290. The zero-order valence-electron chi connectivity index (χ0n) is 19.8. The van der Waals surface area contributed by atoms with E-state index < -0.39 is 15.9 Å². The van der Waals surface area contributed by atoms with Crippen molar-refractivity contribution in [2.45, 2.75) is 44.0 Å². The van der Waals surface area contributed by atoms with Crippen LogP contribution in [-0.2, 0) is 27.7 Å². The van der Waals surface area contributed by atoms with Gasteiger partial charge in [0.05, 0.1) is 23.2 Å². The zero-order valence-corrected chi connectivity index (χ0v) is 21.4. The monoisotopic (exact) mass is 512 g/mol. The van der Waals surface area contributed by atoms with Gasteiger partial charge in [0.25, 0.3) is 10.0 Å². The fourth-order valence-electron chi connectivity index (χ4n) is 4.29. The van der Waals surface area contributed by atoms with Crippen LogP contribution in [0.25, 0.3) is 0 Å². The van der Waals surface area contributed by atoms with Crippen LogP contribution in [0.5, 0.6) is 5.75 Å². The molecule has 1 unspecified atom stereocenters. The molecular formula is C27H29ClN2O4S. The maximum atomic E-state index is 13.5. The summed E-state index contributed by atoms with van der Waals surface area (Å²) >= 11 is 5.95. The Hall–Kier alpha value is -3.03. The van der Waals surface area contributed by atoms with E-state index in [2.05, 4.69) is 17.4 Å². The van der Waals surface area contributed by atoms with Crippen LogP contribution in [0, 0.1) is 0 Å². The molecule has 0 bridgehead atoms. The van der Waals surface area contributed by atoms with Gasteiger partial charge in [-0.05, 0) is 98.3 Å². The summed E-state index contributed by atoms with van der Waals surface area (Å²) in [6.45, 7) is 3.91. The Morgan fingerprint density at radius 1 is 1.03 bits per heavy atom. The number of amides is 1. The molecule has 0 saturated carbocycles. The van der Waals surface area contributed by atoms with Crippen molar-refractivity contribution >= 4 is 33.2 Å². The minimum absolute atomic E-state index is 0.0512. The molecule has 3 aromatic carbocycles. The Labute approximate surface area is 211 Å². The van der Waals surface area contributed by atoms with Crippen molar-refractivity contribution in [3.63, 3.8) is 0 Å². The van der Waals surface area contributed by atoms with Gasteiger partial charge in [0, 0.05) is 5.02 Å². The summed E-state index contributed by atoms with van der Waals surface area (Å²) in [7, 11) is -4.03. The molecule has 0 aliphatic heterocycles. The van der Waals surface area contributed by atoms with Gasteiger partial charge in [-0.25, -0.2) is 8.42 Å². The number of aryl methyl sites for hydroxylation is 2. The standard InChI is InChI=1S/C27H29ClN2O4S/c1-3-34-25-13-11-24(12-14-25)30(35(32,33)26-15-9-23(28)10-16-26)18-27(31)29-19(2)21-8-7-20-5-4-6-22(20)17-21/h7-17,19H,3-6,18H2,1-2H3,(H,29,31). The number of hydrogen-bond acceptors (Lipinski definition) is 4. The lowest BCUT2D eigenvalue weighted by atomic mass is 10.0. The second-order valence-corrected chi connectivity index (χ2v) is 10.9. The van der Waals surface area contributed by atoms with Crippen molar-refractivity contribution < 1.29 is 17.9 Å². The Balaban J connectivity index is 1.58. The number of ether oxygens (including phenoxy) is 1. The minimum Gasteiger partial charge on any atom is -0.494 e. The molecule has 3 aromatic rings. The molecular weight excluding hydrogens is 484 g/mol. The molecule has 0 heterocycles. The van der Waals surface area contributed by atoms with Crippen LogP contribution >= 0.6 is 11.6 Å². The van der Waals surface area contributed by atoms with Crippen LogP contribution in [0.4, 0.5) is 5.69 Å². The lowest BCUT2D eigenvalue weighted by Gasteiger charge is -2.25. The second kappa shape index (κ2) is 10.7. The normalized spacial score (nSPS) is 13.7. The molecule has 184 valence electrons. The topological polar surface area (TPSA) is 75.7 Å². The summed E-state index contributed by atoms with van der Waals surface area (Å²) in [5.74, 6) is 0.221. The quantitative estimate of drug-likeness (QED) is 0.422. The highest BCUT2D eigenvalue weighted by Gasteiger charge is 2.28. The fourth-order valence-corrected chi connectivity index (χ4v) is 5.83. The van der Waals surface area contributed by atoms with Gasteiger partial charge in [0.1, 0.15) is 12.3 Å². The van der Waals surface area contributed by atoms with Gasteiger partial charge >= 0.3 is 0 Å². The number of rotatable bonds is 9. The maximum Gasteiger partial charge on any atom is 0.264 e. The number of halogens is 1. The highest BCUT2D eigenvalue weighted by atomic mass is 35.5. The smallest absolute Gasteiger partial charge is 0.264 e. The molecule has 35 heavy (non-hydrogen) atoms. The molecule has 1 amide bonds. The van der Waals surface area contributed by atoms with Crippen molar-refractivity contribution in [2.75, 3.05) is 17.5 Å². The third-order valence-corrected chi connectivity index (χ3v) is 8.16. The average molecular weight is 513 g/mol. The molecule has 1 aliphatic rings. The zero-order chi connectivity index (χ0) is 25.0. The number of nitrogens with one attached hydrogen (secondary N) is 1. The Morgan fingerprint density at radius 2 is 1.71 bits per heavy atom. The van der Waals surface area contributed by atoms with Gasteiger partial charge in [0.15, 0.2) is 0 Å². The maximum absolute atomic E-state index is 13.5. The molecule has 6 nitrogen and oxygen atoms in total. The van der Waals surface area contributed by atoms with Gasteiger partial charge in [-0.15, -0.1) is 0 Å². The third kappa shape index (κ3) is 5.80. The molecule has 0 fully saturated rings. The van der Waals surface area contributed by atoms with Crippen molar-refractivity contribution in [1.29, 1.82) is 0 Å². The number of carbonyl (C=O) groups is 1. The Kier molecular flexibility index (Phi) is 7.67. The van der Waals surface area contributed by atoms with Gasteiger partial charge in [-0.3, -0.25) is 9.10 Å². The van der Waals surface area contributed by atoms with Gasteiger partial charge in [0.2, 0.25) is 5.91 Å². The van der Waals surface area contributed by atoms with E-state index in [1.165, 1.54) is 35.4 Å². The van der Waals surface area contributed by atoms with Crippen LogP contribution in [0.1, 0.15) is 43.0 Å². The molecule has 1 N–H and O–H groups in total. The first kappa shape index (κ1) is 25.1. The molecule has 0 saturated heterocycles. The SMILES string of the molecule is CCOc1ccc(N(CC(=O)NC(C)c2ccc3c(c2)CCC3)S(=O)(=O)c2ccc(Cl)cc2)cc1. The Morgan fingerprint density at radius 3 is 2.40 bits per heavy atom. The summed E-state index contributed by atoms with van der Waals surface area (Å²) in [5, 5.41) is 3.39. The van der Waals surface area contributed by atoms with Crippen molar-refractivity contribution in [3.8, 4) is 5.75 Å². The van der Waals surface area contributed by atoms with Crippen LogP contribution < -0.4 is 14.4 Å². The number of sulfonamides is 1. The predicted molar refractivity (Wildman–Crippen MR) is 139 cm³/mol. The van der Waals surface area contributed by atoms with Crippen LogP contribution in [-0.4, -0.2) is 27.5 Å². The number of nitrogens with zero attached hydrogens (tertiary/aromatic N) is 1. The summed E-state index contributed by atoms with van der Waals surface area (Å²) < 4.78 is 33.7. The van der Waals surface area contributed by atoms with E-state index in [0.717, 1.165) is 29.1 Å². The molecule has 0 aromatic heterocycles. The highest BCUT2D eigenvalue weighted by Crippen LogP contribution is 2.28. The number of carbonyl (C=O) groups excluding carboxylic acids is 1. The van der Waals surface area contributed by atoms with Gasteiger partial charge < -0.3 is 10.1 Å². The van der Waals surface area contributed by atoms with E-state index in [1.807, 2.05) is 19.9 Å². The van der Waals surface area contributed by atoms with Gasteiger partial charge in [-0.2, -0.15) is 0 Å². The van der Waals surface area contributed by atoms with E-state index in [1.54, 1.807) is 24.3 Å². The first-order valence-electron chi connectivity index (χ1n) is 11.7. The molecule has 0 radical (unpaired) electrons. The van der Waals surface area contributed by atoms with Crippen LogP contribution in [0.2, 0.25) is 5.02 Å². The molecule has 8 heteroatoms. The van der Waals surface area contributed by atoms with Crippen molar-refractivity contribution in [2.24, 2.45) is 0 Å². The first-order valence-corrected chi connectivity index (χ1v) is 13.5. The van der Waals surface area contributed by atoms with Crippen molar-refractivity contribution in [1.82, 2.24) is 5.32 Å². The van der Waals surface area contributed by atoms with E-state index in [9.17, 15) is 13.2 Å². The third-order valence-electron chi connectivity index (χ3n) is 6.12. The first-order chi connectivity index (χ1) is 16.8. The number of hydrogen-bond donors (Lipinski definition) is 1. The minimum atomic E-state index is -4.03. The van der Waals surface area contributed by atoms with Crippen LogP contribution in [0.15, 0.2) is 71.6 Å². The fraction of sp³-hybridized carbons (Fsp3) is 0.296. The number of fused-ring (bicyclic) bond motifs is 1. The van der Waals surface area contributed by atoms with E-state index in [0.29, 0.717) is 23.1 Å². The van der Waals surface area contributed by atoms with E-state index in [4.69, 9.17) is 16.3 Å². The van der Waals surface area contributed by atoms with E-state index >= 15 is 0 Å². The van der Waals surface area contributed by atoms with Gasteiger partial charge in [-0.1, -0.05) is 29.8 Å². The number of benzene rings is 3. The second-order valence-electron chi connectivity index (χ2n) is 8.56. The molecule has 4 rings (SSSR count). The lowest BCUT2D eigenvalue weighted by molar-refractivity contribution is -0.120. The highest BCUT2D eigenvalue weighted by molar-refractivity contribution is 7.92. The average Bonchev–Trinajstić information content (AvgIpc) is 3.31. The molecule has 1 atom stereocenters. The largest absolute Gasteiger partial charge is 0.494 e. The number of anilines is 1. The summed E-state index contributed by atoms with van der Waals surface area (Å²) in [4.78, 5) is 13.1. The summed E-state index contributed by atoms with van der Waals surface area (Å²) in [6.07, 6.45) is 3.30. The summed E-state index contributed by atoms with van der Waals surface area (Å²) in [6, 6.07) is 18.6. The van der Waals surface area contributed by atoms with Crippen molar-refractivity contribution in [3.05, 3.63) is 88.4 Å². The lowest BCUT2D eigenvalue weighted by Crippen LogP contribution is -2.41. The predicted octanol–water partition coefficient (Wildman–Crippen LogP) is 5.30.